The van der Waals surface area contributed by atoms with Gasteiger partial charge in [-0.3, -0.25) is 4.79 Å². The lowest BCUT2D eigenvalue weighted by atomic mass is 9.89. The summed E-state index contributed by atoms with van der Waals surface area (Å²) in [6, 6.07) is 7.71. The monoisotopic (exact) mass is 235 g/mol. The molecule has 0 bridgehead atoms. The Morgan fingerprint density at radius 1 is 1.41 bits per heavy atom. The first-order chi connectivity index (χ1) is 8.22. The molecule has 0 aliphatic carbocycles. The molecule has 0 spiro atoms. The lowest BCUT2D eigenvalue weighted by Gasteiger charge is -2.15. The first-order valence-electron chi connectivity index (χ1n) is 5.88. The van der Waals surface area contributed by atoms with E-state index in [1.807, 2.05) is 31.2 Å². The van der Waals surface area contributed by atoms with Crippen molar-refractivity contribution in [2.45, 2.75) is 12.8 Å². The predicted molar refractivity (Wildman–Crippen MR) is 64.3 cm³/mol. The Balaban J connectivity index is 2.13. The number of benzene rings is 1. The molecule has 1 aromatic carbocycles. The number of hydrogen-bond acceptors (Lipinski definition) is 3. The lowest BCUT2D eigenvalue weighted by Crippen LogP contribution is -2.20. The van der Waals surface area contributed by atoms with Gasteiger partial charge < -0.3 is 15.2 Å². The Kier molecular flexibility index (Phi) is 3.64. The Labute approximate surface area is 101 Å². The molecule has 0 saturated carbocycles. The van der Waals surface area contributed by atoms with Crippen molar-refractivity contribution in [2.75, 3.05) is 19.7 Å². The van der Waals surface area contributed by atoms with Crippen molar-refractivity contribution >= 4 is 5.97 Å². The first-order valence-corrected chi connectivity index (χ1v) is 5.88. The molecule has 2 N–H and O–H groups in total. The fraction of sp³-hybridized carbons (Fsp3) is 0.462. The molecule has 0 radical (unpaired) electrons. The summed E-state index contributed by atoms with van der Waals surface area (Å²) in [5.41, 5.74) is 1.06. The number of carboxylic acids is 1. The van der Waals surface area contributed by atoms with Crippen molar-refractivity contribution in [1.29, 1.82) is 0 Å². The Morgan fingerprint density at radius 3 is 2.71 bits per heavy atom. The van der Waals surface area contributed by atoms with E-state index in [0.717, 1.165) is 17.9 Å². The van der Waals surface area contributed by atoms with Crippen LogP contribution in [0.25, 0.3) is 0 Å². The minimum Gasteiger partial charge on any atom is -0.494 e. The molecule has 0 unspecified atom stereocenters. The molecule has 1 aliphatic heterocycles. The van der Waals surface area contributed by atoms with E-state index in [4.69, 9.17) is 9.84 Å². The third-order valence-corrected chi connectivity index (χ3v) is 3.15. The molecule has 92 valence electrons. The van der Waals surface area contributed by atoms with Crippen LogP contribution >= 0.6 is 0 Å². The second-order valence-electron chi connectivity index (χ2n) is 4.21. The van der Waals surface area contributed by atoms with Crippen molar-refractivity contribution in [3.8, 4) is 5.75 Å². The molecule has 1 fully saturated rings. The quantitative estimate of drug-likeness (QED) is 0.829. The molecule has 2 atom stereocenters. The van der Waals surface area contributed by atoms with Crippen LogP contribution in [-0.4, -0.2) is 30.8 Å². The molecule has 17 heavy (non-hydrogen) atoms. The highest BCUT2D eigenvalue weighted by molar-refractivity contribution is 5.72. The van der Waals surface area contributed by atoms with E-state index in [1.165, 1.54) is 0 Å². The van der Waals surface area contributed by atoms with Crippen LogP contribution in [0.2, 0.25) is 0 Å². The molecule has 1 aromatic rings. The average molecular weight is 235 g/mol. The zero-order valence-corrected chi connectivity index (χ0v) is 9.85. The third-order valence-electron chi connectivity index (χ3n) is 3.15. The van der Waals surface area contributed by atoms with Gasteiger partial charge in [0.15, 0.2) is 0 Å². The van der Waals surface area contributed by atoms with E-state index >= 15 is 0 Å². The van der Waals surface area contributed by atoms with E-state index in [2.05, 4.69) is 5.32 Å². The van der Waals surface area contributed by atoms with Crippen LogP contribution in [0.3, 0.4) is 0 Å². The zero-order valence-electron chi connectivity index (χ0n) is 9.85. The largest absolute Gasteiger partial charge is 0.494 e. The van der Waals surface area contributed by atoms with Gasteiger partial charge in [-0.1, -0.05) is 12.1 Å². The van der Waals surface area contributed by atoms with Crippen LogP contribution in [0.5, 0.6) is 5.75 Å². The maximum atomic E-state index is 11.1. The minimum absolute atomic E-state index is 0.0585. The van der Waals surface area contributed by atoms with Crippen molar-refractivity contribution in [3.63, 3.8) is 0 Å². The summed E-state index contributed by atoms with van der Waals surface area (Å²) in [4.78, 5) is 11.1. The van der Waals surface area contributed by atoms with E-state index in [9.17, 15) is 4.79 Å². The van der Waals surface area contributed by atoms with Crippen LogP contribution < -0.4 is 10.1 Å². The number of hydrogen-bond donors (Lipinski definition) is 2. The van der Waals surface area contributed by atoms with E-state index in [1.54, 1.807) is 0 Å². The summed E-state index contributed by atoms with van der Waals surface area (Å²) >= 11 is 0. The second kappa shape index (κ2) is 5.19. The first kappa shape index (κ1) is 11.9. The molecule has 1 heterocycles. The van der Waals surface area contributed by atoms with Gasteiger partial charge in [-0.2, -0.15) is 0 Å². The summed E-state index contributed by atoms with van der Waals surface area (Å²) in [5, 5.41) is 12.2. The summed E-state index contributed by atoms with van der Waals surface area (Å²) in [7, 11) is 0. The SMILES string of the molecule is CCOc1ccc([C@@H]2CNC[C@@H]2C(=O)O)cc1. The zero-order chi connectivity index (χ0) is 12.3. The van der Waals surface area contributed by atoms with Crippen LogP contribution in [0.15, 0.2) is 24.3 Å². The van der Waals surface area contributed by atoms with Gasteiger partial charge in [0, 0.05) is 19.0 Å². The summed E-state index contributed by atoms with van der Waals surface area (Å²) in [5.74, 6) is -0.168. The number of aliphatic carboxylic acids is 1. The van der Waals surface area contributed by atoms with Gasteiger partial charge in [0.2, 0.25) is 0 Å². The average Bonchev–Trinajstić information content (AvgIpc) is 2.79. The molecule has 4 heteroatoms. The number of nitrogens with one attached hydrogen (secondary N) is 1. The van der Waals surface area contributed by atoms with Crippen molar-refractivity contribution in [1.82, 2.24) is 5.32 Å². The van der Waals surface area contributed by atoms with Gasteiger partial charge in [0.25, 0.3) is 0 Å². The fourth-order valence-electron chi connectivity index (χ4n) is 2.27. The van der Waals surface area contributed by atoms with Crippen molar-refractivity contribution in [2.24, 2.45) is 5.92 Å². The second-order valence-corrected chi connectivity index (χ2v) is 4.21. The third kappa shape index (κ3) is 2.58. The maximum absolute atomic E-state index is 11.1. The highest BCUT2D eigenvalue weighted by Gasteiger charge is 2.33. The number of rotatable bonds is 4. The minimum atomic E-state index is -0.728. The molecule has 2 rings (SSSR count). The number of carboxylic acid groups (broad SMARTS) is 1. The maximum Gasteiger partial charge on any atom is 0.308 e. The van der Waals surface area contributed by atoms with Crippen LogP contribution in [0, 0.1) is 5.92 Å². The van der Waals surface area contributed by atoms with Gasteiger partial charge >= 0.3 is 5.97 Å². The van der Waals surface area contributed by atoms with Gasteiger partial charge in [0.05, 0.1) is 12.5 Å². The fourth-order valence-corrected chi connectivity index (χ4v) is 2.27. The predicted octanol–water partition coefficient (Wildman–Crippen LogP) is 1.47. The van der Waals surface area contributed by atoms with Crippen LogP contribution in [-0.2, 0) is 4.79 Å². The standard InChI is InChI=1S/C13H17NO3/c1-2-17-10-5-3-9(4-6-10)11-7-14-8-12(11)13(15)16/h3-6,11-12,14H,2,7-8H2,1H3,(H,15,16)/t11-,12-/m0/s1. The summed E-state index contributed by atoms with van der Waals surface area (Å²) < 4.78 is 5.37. The van der Waals surface area contributed by atoms with Crippen molar-refractivity contribution < 1.29 is 14.6 Å². The molecular weight excluding hydrogens is 218 g/mol. The molecule has 0 amide bonds. The van der Waals surface area contributed by atoms with Crippen molar-refractivity contribution in [3.05, 3.63) is 29.8 Å². The highest BCUT2D eigenvalue weighted by atomic mass is 16.5. The molecule has 1 saturated heterocycles. The summed E-state index contributed by atoms with van der Waals surface area (Å²) in [6.07, 6.45) is 0. The lowest BCUT2D eigenvalue weighted by molar-refractivity contribution is -0.141. The Morgan fingerprint density at radius 2 is 2.12 bits per heavy atom. The van der Waals surface area contributed by atoms with Gasteiger partial charge in [0.1, 0.15) is 5.75 Å². The number of ether oxygens (including phenoxy) is 1. The van der Waals surface area contributed by atoms with Crippen LogP contribution in [0.4, 0.5) is 0 Å². The Bertz CT molecular complexity index is 388. The van der Waals surface area contributed by atoms with Crippen LogP contribution in [0.1, 0.15) is 18.4 Å². The van der Waals surface area contributed by atoms with Gasteiger partial charge in [-0.05, 0) is 24.6 Å². The molecular formula is C13H17NO3. The molecule has 0 aromatic heterocycles. The summed E-state index contributed by atoms with van der Waals surface area (Å²) in [6.45, 7) is 3.86. The molecule has 4 nitrogen and oxygen atoms in total. The smallest absolute Gasteiger partial charge is 0.308 e. The highest BCUT2D eigenvalue weighted by Crippen LogP contribution is 2.29. The normalized spacial score (nSPS) is 23.6. The van der Waals surface area contributed by atoms with Gasteiger partial charge in [-0.15, -0.1) is 0 Å². The van der Waals surface area contributed by atoms with E-state index < -0.39 is 5.97 Å². The Hall–Kier alpha value is -1.55. The van der Waals surface area contributed by atoms with E-state index in [0.29, 0.717) is 13.2 Å². The topological polar surface area (TPSA) is 58.6 Å². The number of carbonyl (C=O) groups is 1. The molecule has 1 aliphatic rings. The van der Waals surface area contributed by atoms with Gasteiger partial charge in [-0.25, -0.2) is 0 Å². The van der Waals surface area contributed by atoms with E-state index in [-0.39, 0.29) is 11.8 Å².